The second-order valence-electron chi connectivity index (χ2n) is 6.89. The van der Waals surface area contributed by atoms with Crippen molar-refractivity contribution in [2.45, 2.75) is 25.7 Å². The Morgan fingerprint density at radius 3 is 2.43 bits per heavy atom. The molecule has 1 aliphatic rings. The van der Waals surface area contributed by atoms with E-state index < -0.39 is 0 Å². The topological polar surface area (TPSA) is 64.1 Å². The van der Waals surface area contributed by atoms with Crippen LogP contribution >= 0.6 is 0 Å². The van der Waals surface area contributed by atoms with Crippen LogP contribution in [0.1, 0.15) is 39.6 Å². The van der Waals surface area contributed by atoms with E-state index in [2.05, 4.69) is 15.3 Å². The van der Waals surface area contributed by atoms with Crippen molar-refractivity contribution in [3.63, 3.8) is 0 Å². The summed E-state index contributed by atoms with van der Waals surface area (Å²) >= 11 is 0. The molecule has 0 saturated carbocycles. The summed E-state index contributed by atoms with van der Waals surface area (Å²) < 4.78 is 18.3. The highest BCUT2D eigenvalue weighted by molar-refractivity contribution is 5.99. The number of methoxy groups -OCH3 is 1. The number of Topliss-reactive ketones (excluding diaryl/α,β-unsaturated/α-hetero) is 1. The van der Waals surface area contributed by atoms with Crippen LogP contribution in [0, 0.1) is 12.7 Å². The number of ketones is 1. The molecule has 28 heavy (non-hydrogen) atoms. The molecule has 4 rings (SSSR count). The van der Waals surface area contributed by atoms with E-state index in [0.29, 0.717) is 35.7 Å². The third-order valence-corrected chi connectivity index (χ3v) is 5.00. The Morgan fingerprint density at radius 2 is 1.75 bits per heavy atom. The van der Waals surface area contributed by atoms with E-state index in [4.69, 9.17) is 4.74 Å². The minimum Gasteiger partial charge on any atom is -0.497 e. The van der Waals surface area contributed by atoms with E-state index in [9.17, 15) is 9.18 Å². The van der Waals surface area contributed by atoms with Gasteiger partial charge in [0.15, 0.2) is 5.78 Å². The zero-order valence-corrected chi connectivity index (χ0v) is 15.7. The van der Waals surface area contributed by atoms with Gasteiger partial charge in [-0.1, -0.05) is 12.1 Å². The number of hydrogen-bond acceptors (Lipinski definition) is 5. The zero-order chi connectivity index (χ0) is 19.7. The van der Waals surface area contributed by atoms with Crippen LogP contribution in [0.3, 0.4) is 0 Å². The summed E-state index contributed by atoms with van der Waals surface area (Å²) in [6.07, 6.45) is 1.10. The lowest BCUT2D eigenvalue weighted by Crippen LogP contribution is -2.22. The Balaban J connectivity index is 1.63. The SMILES string of the molecule is COc1ccc(C2CC(=O)c3c(C)nc(Nc4ccc(F)cc4)nc3C2)cc1. The lowest BCUT2D eigenvalue weighted by molar-refractivity contribution is 0.0962. The summed E-state index contributed by atoms with van der Waals surface area (Å²) in [4.78, 5) is 21.8. The number of aryl methyl sites for hydroxylation is 1. The third-order valence-electron chi connectivity index (χ3n) is 5.00. The van der Waals surface area contributed by atoms with Gasteiger partial charge >= 0.3 is 0 Å². The number of anilines is 2. The maximum Gasteiger partial charge on any atom is 0.227 e. The van der Waals surface area contributed by atoms with Crippen molar-refractivity contribution in [2.75, 3.05) is 12.4 Å². The summed E-state index contributed by atoms with van der Waals surface area (Å²) in [6, 6.07) is 13.8. The first-order chi connectivity index (χ1) is 13.5. The number of benzene rings is 2. The molecule has 1 atom stereocenters. The smallest absolute Gasteiger partial charge is 0.227 e. The Hall–Kier alpha value is -3.28. The Morgan fingerprint density at radius 1 is 1.04 bits per heavy atom. The van der Waals surface area contributed by atoms with Crippen LogP contribution in [0.5, 0.6) is 5.75 Å². The van der Waals surface area contributed by atoms with Gasteiger partial charge < -0.3 is 10.1 Å². The molecule has 0 fully saturated rings. The first kappa shape index (κ1) is 18.1. The average molecular weight is 377 g/mol. The highest BCUT2D eigenvalue weighted by Crippen LogP contribution is 2.34. The van der Waals surface area contributed by atoms with E-state index in [0.717, 1.165) is 17.0 Å². The van der Waals surface area contributed by atoms with Crippen LogP contribution in [-0.4, -0.2) is 22.9 Å². The van der Waals surface area contributed by atoms with Gasteiger partial charge in [-0.3, -0.25) is 4.79 Å². The van der Waals surface area contributed by atoms with Gasteiger partial charge in [0.2, 0.25) is 5.95 Å². The summed E-state index contributed by atoms with van der Waals surface area (Å²) in [7, 11) is 1.63. The monoisotopic (exact) mass is 377 g/mol. The largest absolute Gasteiger partial charge is 0.497 e. The van der Waals surface area contributed by atoms with Crippen LogP contribution in [0.4, 0.5) is 16.0 Å². The van der Waals surface area contributed by atoms with Crippen molar-refractivity contribution in [1.82, 2.24) is 9.97 Å². The molecule has 142 valence electrons. The van der Waals surface area contributed by atoms with Crippen molar-refractivity contribution in [3.05, 3.63) is 76.9 Å². The van der Waals surface area contributed by atoms with Gasteiger partial charge in [0.1, 0.15) is 11.6 Å². The molecule has 0 amide bonds. The molecule has 1 unspecified atom stereocenters. The molecule has 6 heteroatoms. The fourth-order valence-corrected chi connectivity index (χ4v) is 3.60. The molecule has 1 aromatic heterocycles. The Kier molecular flexibility index (Phi) is 4.77. The zero-order valence-electron chi connectivity index (χ0n) is 15.7. The quantitative estimate of drug-likeness (QED) is 0.720. The van der Waals surface area contributed by atoms with Crippen LogP contribution in [-0.2, 0) is 6.42 Å². The van der Waals surface area contributed by atoms with Gasteiger partial charge in [-0.25, -0.2) is 14.4 Å². The van der Waals surface area contributed by atoms with Crippen LogP contribution in [0.2, 0.25) is 0 Å². The fourth-order valence-electron chi connectivity index (χ4n) is 3.60. The Labute approximate surface area is 162 Å². The van der Waals surface area contributed by atoms with Crippen molar-refractivity contribution in [2.24, 2.45) is 0 Å². The van der Waals surface area contributed by atoms with Crippen molar-refractivity contribution in [1.29, 1.82) is 0 Å². The van der Waals surface area contributed by atoms with Gasteiger partial charge in [0, 0.05) is 12.1 Å². The van der Waals surface area contributed by atoms with Crippen molar-refractivity contribution >= 4 is 17.4 Å². The standard InChI is InChI=1S/C22H20FN3O2/c1-13-21-19(26-22(24-13)25-17-7-5-16(23)6-8-17)11-15(12-20(21)27)14-3-9-18(28-2)10-4-14/h3-10,15H,11-12H2,1-2H3,(H,24,25,26). The molecule has 0 bridgehead atoms. The number of nitrogens with zero attached hydrogens (tertiary/aromatic N) is 2. The number of carbonyl (C=O) groups is 1. The average Bonchev–Trinajstić information content (AvgIpc) is 2.69. The van der Waals surface area contributed by atoms with E-state index >= 15 is 0 Å². The van der Waals surface area contributed by atoms with Gasteiger partial charge in [0.25, 0.3) is 0 Å². The molecule has 0 spiro atoms. The molecule has 1 aliphatic carbocycles. The number of fused-ring (bicyclic) bond motifs is 1. The number of ether oxygens (including phenoxy) is 1. The van der Waals surface area contributed by atoms with Crippen LogP contribution in [0.15, 0.2) is 48.5 Å². The van der Waals surface area contributed by atoms with E-state index in [-0.39, 0.29) is 17.5 Å². The molecule has 1 heterocycles. The van der Waals surface area contributed by atoms with Crippen molar-refractivity contribution < 1.29 is 13.9 Å². The van der Waals surface area contributed by atoms with Gasteiger partial charge in [-0.05, 0) is 61.2 Å². The normalized spacial score (nSPS) is 15.8. The maximum absolute atomic E-state index is 13.1. The lowest BCUT2D eigenvalue weighted by Gasteiger charge is -2.24. The highest BCUT2D eigenvalue weighted by atomic mass is 19.1. The number of carbonyl (C=O) groups excluding carboxylic acids is 1. The van der Waals surface area contributed by atoms with E-state index in [1.54, 1.807) is 19.2 Å². The molecule has 0 aliphatic heterocycles. The summed E-state index contributed by atoms with van der Waals surface area (Å²) in [5, 5.41) is 3.09. The Bertz CT molecular complexity index is 1020. The maximum atomic E-state index is 13.1. The van der Waals surface area contributed by atoms with Gasteiger partial charge in [0.05, 0.1) is 24.1 Å². The highest BCUT2D eigenvalue weighted by Gasteiger charge is 2.30. The lowest BCUT2D eigenvalue weighted by atomic mass is 9.81. The van der Waals surface area contributed by atoms with E-state index in [1.807, 2.05) is 31.2 Å². The predicted octanol–water partition coefficient (Wildman–Crippen LogP) is 4.59. The first-order valence-corrected chi connectivity index (χ1v) is 9.10. The van der Waals surface area contributed by atoms with Gasteiger partial charge in [-0.2, -0.15) is 0 Å². The van der Waals surface area contributed by atoms with Crippen LogP contribution < -0.4 is 10.1 Å². The number of rotatable bonds is 4. The molecule has 5 nitrogen and oxygen atoms in total. The number of halogens is 1. The molecule has 2 aromatic carbocycles. The summed E-state index contributed by atoms with van der Waals surface area (Å²) in [5.74, 6) is 1.02. The minimum atomic E-state index is -0.305. The minimum absolute atomic E-state index is 0.0629. The molecule has 1 N–H and O–H groups in total. The second kappa shape index (κ2) is 7.38. The molecule has 0 saturated heterocycles. The predicted molar refractivity (Wildman–Crippen MR) is 105 cm³/mol. The van der Waals surface area contributed by atoms with Crippen LogP contribution in [0.25, 0.3) is 0 Å². The van der Waals surface area contributed by atoms with E-state index in [1.165, 1.54) is 12.1 Å². The summed E-state index contributed by atoms with van der Waals surface area (Å²) in [6.45, 7) is 1.82. The number of aromatic nitrogens is 2. The van der Waals surface area contributed by atoms with Crippen molar-refractivity contribution in [3.8, 4) is 5.75 Å². The second-order valence-corrected chi connectivity index (χ2v) is 6.89. The fraction of sp³-hybridized carbons (Fsp3) is 0.227. The van der Waals surface area contributed by atoms with Gasteiger partial charge in [-0.15, -0.1) is 0 Å². The first-order valence-electron chi connectivity index (χ1n) is 9.10. The molecule has 0 radical (unpaired) electrons. The third kappa shape index (κ3) is 3.58. The molecule has 3 aromatic rings. The molecular formula is C22H20FN3O2. The summed E-state index contributed by atoms with van der Waals surface area (Å²) in [5.41, 5.74) is 3.80. The molecular weight excluding hydrogens is 357 g/mol. The number of nitrogens with one attached hydrogen (secondary N) is 1. The number of hydrogen-bond donors (Lipinski definition) is 1.